The van der Waals surface area contributed by atoms with E-state index in [4.69, 9.17) is 0 Å². The normalized spacial score (nSPS) is 27.3. The summed E-state index contributed by atoms with van der Waals surface area (Å²) in [5.41, 5.74) is 0.00763. The number of para-hydroxylation sites is 1. The molecule has 43 heavy (non-hydrogen) atoms. The number of rotatable bonds is 9. The summed E-state index contributed by atoms with van der Waals surface area (Å²) in [6.07, 6.45) is 2.39. The second-order valence-corrected chi connectivity index (χ2v) is 15.4. The van der Waals surface area contributed by atoms with Gasteiger partial charge in [-0.15, -0.1) is 11.3 Å². The number of carbonyl (C=O) groups is 5. The SMILES string of the molecule is CC1(C)C2CN(C(=O)[C@@H](NC(=O)C3CC3)C(C)(C)C)C(C(=O)N[C@@H](C[C@@H]3CCNC3=O)C(=O)c3nc4ccccc4s3)C21. The van der Waals surface area contributed by atoms with E-state index in [1.807, 2.05) is 45.0 Å². The number of nitrogens with zero attached hydrogens (tertiary/aromatic N) is 2. The highest BCUT2D eigenvalue weighted by atomic mass is 32.1. The maximum atomic E-state index is 14.2. The van der Waals surface area contributed by atoms with Crippen LogP contribution in [-0.4, -0.2) is 70.5 Å². The van der Waals surface area contributed by atoms with E-state index in [9.17, 15) is 24.0 Å². The van der Waals surface area contributed by atoms with Crippen LogP contribution in [0, 0.1) is 34.5 Å². The smallest absolute Gasteiger partial charge is 0.246 e. The van der Waals surface area contributed by atoms with Crippen LogP contribution in [0.15, 0.2) is 24.3 Å². The minimum atomic E-state index is -0.965. The maximum absolute atomic E-state index is 14.2. The Morgan fingerprint density at radius 3 is 2.44 bits per heavy atom. The minimum Gasteiger partial charge on any atom is -0.356 e. The predicted molar refractivity (Wildman–Crippen MR) is 162 cm³/mol. The van der Waals surface area contributed by atoms with Gasteiger partial charge >= 0.3 is 0 Å². The number of hydrogen-bond donors (Lipinski definition) is 3. The number of carbonyl (C=O) groups excluding carboxylic acids is 5. The number of aromatic nitrogens is 1. The highest BCUT2D eigenvalue weighted by Crippen LogP contribution is 2.65. The number of thiazole rings is 1. The van der Waals surface area contributed by atoms with Crippen LogP contribution in [-0.2, 0) is 19.2 Å². The summed E-state index contributed by atoms with van der Waals surface area (Å²) >= 11 is 1.27. The molecule has 1 aromatic heterocycles. The molecule has 4 amide bonds. The second-order valence-electron chi connectivity index (χ2n) is 14.4. The third-order valence-electron chi connectivity index (χ3n) is 9.93. The molecule has 2 aromatic rings. The number of fused-ring (bicyclic) bond motifs is 2. The summed E-state index contributed by atoms with van der Waals surface area (Å²) in [7, 11) is 0. The van der Waals surface area contributed by atoms with Crippen molar-refractivity contribution in [1.29, 1.82) is 0 Å². The van der Waals surface area contributed by atoms with Crippen molar-refractivity contribution in [2.45, 2.75) is 78.4 Å². The first-order valence-corrected chi connectivity index (χ1v) is 16.2. The van der Waals surface area contributed by atoms with E-state index < -0.39 is 35.4 Å². The number of nitrogens with one attached hydrogen (secondary N) is 3. The Morgan fingerprint density at radius 2 is 1.81 bits per heavy atom. The molecule has 6 rings (SSSR count). The number of hydrogen-bond acceptors (Lipinski definition) is 7. The fraction of sp³-hybridized carbons (Fsp3) is 0.625. The molecule has 4 fully saturated rings. The highest BCUT2D eigenvalue weighted by Gasteiger charge is 2.70. The standard InChI is InChI=1S/C32H41N5O5S/c1-31(2,3)25(36-27(40)16-10-11-16)30(42)37-15-18-22(32(18,4)5)23(37)28(41)34-20(14-17-12-13-33-26(17)39)24(38)29-35-19-8-6-7-9-21(19)43-29/h6-9,16-18,20,22-23,25H,10-15H2,1-5H3,(H,33,39)(H,34,41)(H,36,40)/t17-,18?,20-,22?,23?,25+/m0/s1. The highest BCUT2D eigenvalue weighted by molar-refractivity contribution is 7.20. The number of likely N-dealkylation sites (tertiary alicyclic amines) is 1. The second kappa shape index (κ2) is 10.7. The van der Waals surface area contributed by atoms with E-state index >= 15 is 0 Å². The lowest BCUT2D eigenvalue weighted by Crippen LogP contribution is -2.60. The molecular weight excluding hydrogens is 566 g/mol. The van der Waals surface area contributed by atoms with Crippen LogP contribution in [0.3, 0.4) is 0 Å². The zero-order valence-electron chi connectivity index (χ0n) is 25.4. The fourth-order valence-electron chi connectivity index (χ4n) is 7.00. The van der Waals surface area contributed by atoms with Crippen molar-refractivity contribution in [3.05, 3.63) is 29.3 Å². The molecule has 6 atom stereocenters. The topological polar surface area (TPSA) is 138 Å². The van der Waals surface area contributed by atoms with Crippen molar-refractivity contribution in [1.82, 2.24) is 25.8 Å². The zero-order valence-corrected chi connectivity index (χ0v) is 26.3. The van der Waals surface area contributed by atoms with Gasteiger partial charge in [0.2, 0.25) is 29.4 Å². The molecule has 2 saturated carbocycles. The van der Waals surface area contributed by atoms with Crippen LogP contribution in [0.4, 0.5) is 0 Å². The maximum Gasteiger partial charge on any atom is 0.246 e. The van der Waals surface area contributed by atoms with Gasteiger partial charge in [0.25, 0.3) is 0 Å². The van der Waals surface area contributed by atoms with Gasteiger partial charge < -0.3 is 20.9 Å². The number of Topliss-reactive ketones (excluding diaryl/α,β-unsaturated/α-hetero) is 1. The Bertz CT molecular complexity index is 1460. The lowest BCUT2D eigenvalue weighted by Gasteiger charge is -2.38. The monoisotopic (exact) mass is 607 g/mol. The Balaban J connectivity index is 1.27. The van der Waals surface area contributed by atoms with Crippen LogP contribution in [0.1, 0.15) is 70.1 Å². The fourth-order valence-corrected chi connectivity index (χ4v) is 7.96. The van der Waals surface area contributed by atoms with Gasteiger partial charge in [-0.05, 0) is 60.5 Å². The molecule has 3 unspecified atom stereocenters. The molecule has 2 saturated heterocycles. The van der Waals surface area contributed by atoms with E-state index in [0.29, 0.717) is 25.0 Å². The summed E-state index contributed by atoms with van der Waals surface area (Å²) in [5.74, 6) is -1.62. The Hall–Kier alpha value is -3.34. The van der Waals surface area contributed by atoms with Gasteiger partial charge in [-0.25, -0.2) is 4.98 Å². The summed E-state index contributed by atoms with van der Waals surface area (Å²) in [5, 5.41) is 9.08. The first kappa shape index (κ1) is 29.7. The lowest BCUT2D eigenvalue weighted by atomic mass is 9.85. The summed E-state index contributed by atoms with van der Waals surface area (Å²) < 4.78 is 0.867. The third-order valence-corrected chi connectivity index (χ3v) is 11.0. The van der Waals surface area contributed by atoms with Crippen LogP contribution in [0.25, 0.3) is 10.2 Å². The molecule has 3 N–H and O–H groups in total. The summed E-state index contributed by atoms with van der Waals surface area (Å²) in [4.78, 5) is 73.7. The van der Waals surface area contributed by atoms with Gasteiger partial charge in [0, 0.05) is 24.9 Å². The quantitative estimate of drug-likeness (QED) is 0.375. The molecule has 4 aliphatic rings. The Labute approximate surface area is 255 Å². The van der Waals surface area contributed by atoms with Crippen LogP contribution >= 0.6 is 11.3 Å². The average Bonchev–Trinajstić information content (AvgIpc) is 3.64. The molecule has 0 bridgehead atoms. The van der Waals surface area contributed by atoms with E-state index in [2.05, 4.69) is 34.8 Å². The molecule has 11 heteroatoms. The molecule has 0 spiro atoms. The zero-order chi connectivity index (χ0) is 30.8. The van der Waals surface area contributed by atoms with E-state index in [0.717, 1.165) is 17.5 Å². The van der Waals surface area contributed by atoms with E-state index in [-0.39, 0.29) is 58.1 Å². The van der Waals surface area contributed by atoms with Crippen molar-refractivity contribution >= 4 is 51.0 Å². The first-order valence-electron chi connectivity index (χ1n) is 15.4. The van der Waals surface area contributed by atoms with Crippen molar-refractivity contribution in [2.75, 3.05) is 13.1 Å². The van der Waals surface area contributed by atoms with E-state index in [1.165, 1.54) is 11.3 Å². The van der Waals surface area contributed by atoms with E-state index in [1.54, 1.807) is 4.90 Å². The molecule has 10 nitrogen and oxygen atoms in total. The Kier molecular flexibility index (Phi) is 7.38. The lowest BCUT2D eigenvalue weighted by molar-refractivity contribution is -0.145. The van der Waals surface area contributed by atoms with Gasteiger partial charge in [-0.1, -0.05) is 46.8 Å². The van der Waals surface area contributed by atoms with Crippen molar-refractivity contribution in [2.24, 2.45) is 34.5 Å². The third kappa shape index (κ3) is 5.56. The molecule has 2 aliphatic heterocycles. The Morgan fingerprint density at radius 1 is 1.09 bits per heavy atom. The molecule has 1 aromatic carbocycles. The van der Waals surface area contributed by atoms with Crippen molar-refractivity contribution in [3.8, 4) is 0 Å². The molecular formula is C32H41N5O5S. The van der Waals surface area contributed by atoms with Gasteiger partial charge in [0.05, 0.1) is 16.3 Å². The molecule has 2 aliphatic carbocycles. The number of piperidine rings is 1. The summed E-state index contributed by atoms with van der Waals surface area (Å²) in [6, 6.07) is 4.95. The van der Waals surface area contributed by atoms with Crippen LogP contribution < -0.4 is 16.0 Å². The van der Waals surface area contributed by atoms with Gasteiger partial charge in [-0.3, -0.25) is 24.0 Å². The van der Waals surface area contributed by atoms with Gasteiger partial charge in [0.15, 0.2) is 5.01 Å². The molecule has 3 heterocycles. The average molecular weight is 608 g/mol. The predicted octanol–water partition coefficient (Wildman–Crippen LogP) is 2.91. The largest absolute Gasteiger partial charge is 0.356 e. The van der Waals surface area contributed by atoms with Crippen LogP contribution in [0.2, 0.25) is 0 Å². The number of ketones is 1. The summed E-state index contributed by atoms with van der Waals surface area (Å²) in [6.45, 7) is 10.9. The number of amides is 4. The molecule has 0 radical (unpaired) electrons. The van der Waals surface area contributed by atoms with Gasteiger partial charge in [0.1, 0.15) is 12.1 Å². The minimum absolute atomic E-state index is 0.0512. The van der Waals surface area contributed by atoms with Crippen LogP contribution in [0.5, 0.6) is 0 Å². The van der Waals surface area contributed by atoms with Crippen molar-refractivity contribution in [3.63, 3.8) is 0 Å². The first-order chi connectivity index (χ1) is 20.3. The molecule has 230 valence electrons. The van der Waals surface area contributed by atoms with Gasteiger partial charge in [-0.2, -0.15) is 0 Å². The van der Waals surface area contributed by atoms with Crippen molar-refractivity contribution < 1.29 is 24.0 Å². The number of benzene rings is 1.